The summed E-state index contributed by atoms with van der Waals surface area (Å²) in [5, 5.41) is 3.24. The van der Waals surface area contributed by atoms with Crippen LogP contribution < -0.4 is 10.1 Å². The maximum Gasteiger partial charge on any atom is 0.338 e. The molecule has 124 valence electrons. The van der Waals surface area contributed by atoms with Crippen LogP contribution in [0, 0.1) is 0 Å². The summed E-state index contributed by atoms with van der Waals surface area (Å²) in [5.74, 6) is 1.17. The number of hydrogen-bond donors (Lipinski definition) is 2. The Morgan fingerprint density at radius 3 is 2.71 bits per heavy atom. The molecule has 0 aliphatic carbocycles. The number of fused-ring (bicyclic) bond motifs is 1. The van der Waals surface area contributed by atoms with Gasteiger partial charge in [0.05, 0.1) is 30.3 Å². The van der Waals surface area contributed by atoms with Gasteiger partial charge in [0.1, 0.15) is 5.75 Å². The summed E-state index contributed by atoms with van der Waals surface area (Å²) in [7, 11) is 1.64. The zero-order valence-electron chi connectivity index (χ0n) is 13.6. The average molecular weight is 325 g/mol. The first-order valence-electron chi connectivity index (χ1n) is 7.73. The summed E-state index contributed by atoms with van der Waals surface area (Å²) >= 11 is 0. The van der Waals surface area contributed by atoms with Crippen LogP contribution in [0.15, 0.2) is 42.5 Å². The predicted molar refractivity (Wildman–Crippen MR) is 92.4 cm³/mol. The minimum absolute atomic E-state index is 0.303. The molecule has 0 saturated heterocycles. The number of carbonyl (C=O) groups excluding carboxylic acids is 1. The summed E-state index contributed by atoms with van der Waals surface area (Å²) in [6.45, 7) is 2.76. The van der Waals surface area contributed by atoms with Crippen LogP contribution in [0.1, 0.15) is 22.8 Å². The summed E-state index contributed by atoms with van der Waals surface area (Å²) in [6.07, 6.45) is 0. The molecule has 0 fully saturated rings. The van der Waals surface area contributed by atoms with Crippen LogP contribution >= 0.6 is 0 Å². The number of H-pyrrole nitrogens is 1. The number of ether oxygens (including phenoxy) is 2. The first kappa shape index (κ1) is 15.9. The molecule has 0 amide bonds. The quantitative estimate of drug-likeness (QED) is 0.680. The van der Waals surface area contributed by atoms with E-state index in [0.29, 0.717) is 24.7 Å². The molecule has 0 radical (unpaired) electrons. The number of aromatic amines is 1. The van der Waals surface area contributed by atoms with Crippen molar-refractivity contribution in [3.63, 3.8) is 0 Å². The van der Waals surface area contributed by atoms with Gasteiger partial charge in [0.15, 0.2) is 0 Å². The first-order valence-corrected chi connectivity index (χ1v) is 7.73. The Balaban J connectivity index is 1.66. The zero-order valence-corrected chi connectivity index (χ0v) is 13.6. The van der Waals surface area contributed by atoms with Crippen LogP contribution in [0.3, 0.4) is 0 Å². The maximum atomic E-state index is 11.6. The van der Waals surface area contributed by atoms with Crippen LogP contribution in [-0.4, -0.2) is 29.7 Å². The fourth-order valence-electron chi connectivity index (χ4n) is 2.36. The summed E-state index contributed by atoms with van der Waals surface area (Å²) < 4.78 is 10.2. The highest BCUT2D eigenvalue weighted by atomic mass is 16.5. The molecule has 1 heterocycles. The molecule has 2 aromatic carbocycles. The van der Waals surface area contributed by atoms with Gasteiger partial charge in [0.25, 0.3) is 0 Å². The highest BCUT2D eigenvalue weighted by Crippen LogP contribution is 2.20. The molecule has 3 aromatic rings. The maximum absolute atomic E-state index is 11.6. The Bertz CT molecular complexity index is 840. The molecular formula is C18H19N3O3. The van der Waals surface area contributed by atoms with Gasteiger partial charge in [0, 0.05) is 12.6 Å². The van der Waals surface area contributed by atoms with Gasteiger partial charge in [-0.2, -0.15) is 0 Å². The van der Waals surface area contributed by atoms with E-state index in [1.165, 1.54) is 0 Å². The predicted octanol–water partition coefficient (Wildman–Crippen LogP) is 3.36. The Hall–Kier alpha value is -3.02. The molecule has 1 aromatic heterocycles. The normalized spacial score (nSPS) is 10.6. The first-order chi connectivity index (χ1) is 11.7. The second-order valence-corrected chi connectivity index (χ2v) is 5.24. The lowest BCUT2D eigenvalue weighted by molar-refractivity contribution is 0.0526. The van der Waals surface area contributed by atoms with E-state index in [2.05, 4.69) is 15.3 Å². The molecule has 0 atom stereocenters. The van der Waals surface area contributed by atoms with Crippen LogP contribution in [-0.2, 0) is 11.3 Å². The fraction of sp³-hybridized carbons (Fsp3) is 0.222. The van der Waals surface area contributed by atoms with Crippen molar-refractivity contribution in [2.75, 3.05) is 19.0 Å². The smallest absolute Gasteiger partial charge is 0.338 e. The lowest BCUT2D eigenvalue weighted by atomic mass is 10.1. The molecule has 3 rings (SSSR count). The van der Waals surface area contributed by atoms with Crippen molar-refractivity contribution in [2.45, 2.75) is 13.5 Å². The van der Waals surface area contributed by atoms with Gasteiger partial charge in [-0.25, -0.2) is 9.78 Å². The van der Waals surface area contributed by atoms with E-state index < -0.39 is 0 Å². The number of imidazole rings is 1. The second-order valence-electron chi connectivity index (χ2n) is 5.24. The van der Waals surface area contributed by atoms with E-state index >= 15 is 0 Å². The number of rotatable bonds is 6. The zero-order chi connectivity index (χ0) is 16.9. The van der Waals surface area contributed by atoms with Crippen molar-refractivity contribution in [3.8, 4) is 5.75 Å². The standard InChI is InChI=1S/C18H19N3O3/c1-3-24-17(22)13-6-4-12(5-7-13)11-19-18-20-15-9-8-14(23-2)10-16(15)21-18/h4-10H,3,11H2,1-2H3,(H2,19,20,21). The monoisotopic (exact) mass is 325 g/mol. The van der Waals surface area contributed by atoms with Gasteiger partial charge in [-0.15, -0.1) is 0 Å². The Morgan fingerprint density at radius 2 is 2.00 bits per heavy atom. The summed E-state index contributed by atoms with van der Waals surface area (Å²) in [4.78, 5) is 19.3. The van der Waals surface area contributed by atoms with Crippen LogP contribution in [0.5, 0.6) is 5.75 Å². The largest absolute Gasteiger partial charge is 0.497 e. The van der Waals surface area contributed by atoms with E-state index in [1.54, 1.807) is 26.2 Å². The highest BCUT2D eigenvalue weighted by Gasteiger charge is 2.07. The number of nitrogens with zero attached hydrogens (tertiary/aromatic N) is 1. The highest BCUT2D eigenvalue weighted by molar-refractivity contribution is 5.89. The third kappa shape index (κ3) is 3.48. The topological polar surface area (TPSA) is 76.2 Å². The van der Waals surface area contributed by atoms with Gasteiger partial charge in [0.2, 0.25) is 5.95 Å². The van der Waals surface area contributed by atoms with Gasteiger partial charge >= 0.3 is 5.97 Å². The molecule has 0 bridgehead atoms. The van der Waals surface area contributed by atoms with Crippen LogP contribution in [0.2, 0.25) is 0 Å². The molecule has 0 spiro atoms. The van der Waals surface area contributed by atoms with Crippen molar-refractivity contribution >= 4 is 23.0 Å². The van der Waals surface area contributed by atoms with E-state index in [9.17, 15) is 4.79 Å². The van der Waals surface area contributed by atoms with Gasteiger partial charge in [-0.1, -0.05) is 12.1 Å². The minimum Gasteiger partial charge on any atom is -0.497 e. The van der Waals surface area contributed by atoms with Crippen molar-refractivity contribution in [1.82, 2.24) is 9.97 Å². The lowest BCUT2D eigenvalue weighted by Crippen LogP contribution is -2.05. The van der Waals surface area contributed by atoms with Crippen LogP contribution in [0.4, 0.5) is 5.95 Å². The molecular weight excluding hydrogens is 306 g/mol. The van der Waals surface area contributed by atoms with Crippen molar-refractivity contribution < 1.29 is 14.3 Å². The number of benzene rings is 2. The van der Waals surface area contributed by atoms with E-state index in [0.717, 1.165) is 22.3 Å². The number of anilines is 1. The Morgan fingerprint density at radius 1 is 1.21 bits per heavy atom. The molecule has 0 aliphatic rings. The van der Waals surface area contributed by atoms with Crippen LogP contribution in [0.25, 0.3) is 11.0 Å². The number of aromatic nitrogens is 2. The fourth-order valence-corrected chi connectivity index (χ4v) is 2.36. The molecule has 0 unspecified atom stereocenters. The van der Waals surface area contributed by atoms with E-state index in [1.807, 2.05) is 30.3 Å². The number of methoxy groups -OCH3 is 1. The van der Waals surface area contributed by atoms with Gasteiger partial charge in [-0.05, 0) is 36.8 Å². The molecule has 2 N–H and O–H groups in total. The average Bonchev–Trinajstić information content (AvgIpc) is 3.02. The third-order valence-electron chi connectivity index (χ3n) is 3.61. The Kier molecular flexibility index (Phi) is 4.65. The summed E-state index contributed by atoms with van der Waals surface area (Å²) in [5.41, 5.74) is 3.38. The molecule has 0 aliphatic heterocycles. The summed E-state index contributed by atoms with van der Waals surface area (Å²) in [6, 6.07) is 13.0. The lowest BCUT2D eigenvalue weighted by Gasteiger charge is -2.05. The second kappa shape index (κ2) is 7.04. The van der Waals surface area contributed by atoms with E-state index in [-0.39, 0.29) is 5.97 Å². The molecule has 6 heteroatoms. The third-order valence-corrected chi connectivity index (χ3v) is 3.61. The molecule has 6 nitrogen and oxygen atoms in total. The van der Waals surface area contributed by atoms with Gasteiger partial charge in [-0.3, -0.25) is 0 Å². The number of nitrogens with one attached hydrogen (secondary N) is 2. The molecule has 0 saturated carbocycles. The number of esters is 1. The van der Waals surface area contributed by atoms with E-state index in [4.69, 9.17) is 9.47 Å². The minimum atomic E-state index is -0.303. The van der Waals surface area contributed by atoms with Gasteiger partial charge < -0.3 is 19.8 Å². The SMILES string of the molecule is CCOC(=O)c1ccc(CNc2nc3ccc(OC)cc3[nH]2)cc1. The van der Waals surface area contributed by atoms with Crippen molar-refractivity contribution in [1.29, 1.82) is 0 Å². The number of carbonyl (C=O) groups is 1. The van der Waals surface area contributed by atoms with Crippen molar-refractivity contribution in [3.05, 3.63) is 53.6 Å². The Labute approximate surface area is 139 Å². The number of hydrogen-bond acceptors (Lipinski definition) is 5. The molecule has 24 heavy (non-hydrogen) atoms. The van der Waals surface area contributed by atoms with Crippen molar-refractivity contribution in [2.24, 2.45) is 0 Å².